The van der Waals surface area contributed by atoms with Crippen LogP contribution >= 0.6 is 45.8 Å². The minimum absolute atomic E-state index is 0.0189. The highest BCUT2D eigenvalue weighted by Gasteiger charge is 2.31. The number of nitrogens with zero attached hydrogens (tertiary/aromatic N) is 2. The Morgan fingerprint density at radius 3 is 2.25 bits per heavy atom. The van der Waals surface area contributed by atoms with Crippen molar-refractivity contribution in [2.75, 3.05) is 24.2 Å². The van der Waals surface area contributed by atoms with Gasteiger partial charge < -0.3 is 10.2 Å². The fourth-order valence-electron chi connectivity index (χ4n) is 3.14. The monoisotopic (exact) mass is 611 g/mol. The van der Waals surface area contributed by atoms with Gasteiger partial charge in [0.25, 0.3) is 0 Å². The van der Waals surface area contributed by atoms with E-state index in [1.165, 1.54) is 11.9 Å². The standard InChI is InChI=1S/C21H24Cl2IN3O4S/c1-4-19(21(29)25-2)26(12-14-5-6-15(22)11-18(14)23)20(28)13-27(32(3,30)31)17-9-7-16(24)8-10-17/h5-11,19H,4,12-13H2,1-3H3,(H,25,29). The molecule has 0 aromatic heterocycles. The van der Waals surface area contributed by atoms with Crippen molar-refractivity contribution in [3.8, 4) is 0 Å². The second-order valence-corrected chi connectivity index (χ2v) is 11.0. The number of nitrogens with one attached hydrogen (secondary N) is 1. The zero-order chi connectivity index (χ0) is 24.1. The molecule has 0 fully saturated rings. The summed E-state index contributed by atoms with van der Waals surface area (Å²) in [7, 11) is -2.28. The van der Waals surface area contributed by atoms with Crippen molar-refractivity contribution in [2.24, 2.45) is 0 Å². The van der Waals surface area contributed by atoms with E-state index in [1.54, 1.807) is 49.4 Å². The molecule has 1 atom stereocenters. The maximum atomic E-state index is 13.4. The van der Waals surface area contributed by atoms with Gasteiger partial charge in [-0.1, -0.05) is 36.2 Å². The average Bonchev–Trinajstić information content (AvgIpc) is 2.73. The molecule has 0 saturated heterocycles. The maximum Gasteiger partial charge on any atom is 0.244 e. The summed E-state index contributed by atoms with van der Waals surface area (Å²) < 4.78 is 26.9. The van der Waals surface area contributed by atoms with Crippen molar-refractivity contribution < 1.29 is 18.0 Å². The summed E-state index contributed by atoms with van der Waals surface area (Å²) >= 11 is 14.4. The van der Waals surface area contributed by atoms with Gasteiger partial charge in [0.1, 0.15) is 12.6 Å². The number of sulfonamides is 1. The molecule has 1 N–H and O–H groups in total. The van der Waals surface area contributed by atoms with E-state index in [2.05, 4.69) is 27.9 Å². The van der Waals surface area contributed by atoms with Crippen LogP contribution in [0.4, 0.5) is 5.69 Å². The minimum atomic E-state index is -3.76. The Morgan fingerprint density at radius 2 is 1.75 bits per heavy atom. The molecule has 2 amide bonds. The summed E-state index contributed by atoms with van der Waals surface area (Å²) in [5, 5.41) is 3.35. The van der Waals surface area contributed by atoms with Crippen LogP contribution in [0.25, 0.3) is 0 Å². The molecule has 0 bridgehead atoms. The second-order valence-electron chi connectivity index (χ2n) is 7.04. The van der Waals surface area contributed by atoms with Crippen LogP contribution in [0.5, 0.6) is 0 Å². The van der Waals surface area contributed by atoms with Crippen LogP contribution in [0.1, 0.15) is 18.9 Å². The van der Waals surface area contributed by atoms with E-state index in [0.29, 0.717) is 27.7 Å². The molecule has 0 aliphatic rings. The number of amides is 2. The lowest BCUT2D eigenvalue weighted by Gasteiger charge is -2.32. The van der Waals surface area contributed by atoms with Gasteiger partial charge in [0.2, 0.25) is 21.8 Å². The molecule has 174 valence electrons. The molecular formula is C21H24Cl2IN3O4S. The lowest BCUT2D eigenvalue weighted by atomic mass is 10.1. The van der Waals surface area contributed by atoms with Gasteiger partial charge in [0.15, 0.2) is 0 Å². The van der Waals surface area contributed by atoms with Crippen molar-refractivity contribution in [1.82, 2.24) is 10.2 Å². The summed E-state index contributed by atoms with van der Waals surface area (Å²) in [6.07, 6.45) is 1.37. The number of anilines is 1. The number of hydrogen-bond acceptors (Lipinski definition) is 4. The number of hydrogen-bond donors (Lipinski definition) is 1. The molecule has 0 heterocycles. The lowest BCUT2D eigenvalue weighted by Crippen LogP contribution is -2.51. The highest BCUT2D eigenvalue weighted by atomic mass is 127. The Balaban J connectivity index is 2.44. The van der Waals surface area contributed by atoms with E-state index in [0.717, 1.165) is 14.1 Å². The third-order valence-electron chi connectivity index (χ3n) is 4.78. The molecule has 1 unspecified atom stereocenters. The highest BCUT2D eigenvalue weighted by molar-refractivity contribution is 14.1. The summed E-state index contributed by atoms with van der Waals surface area (Å²) in [4.78, 5) is 27.3. The zero-order valence-electron chi connectivity index (χ0n) is 17.8. The van der Waals surface area contributed by atoms with Crippen molar-refractivity contribution >= 4 is 73.3 Å². The number of carbonyl (C=O) groups excluding carboxylic acids is 2. The molecule has 2 rings (SSSR count). The molecule has 0 spiro atoms. The topological polar surface area (TPSA) is 86.8 Å². The Labute approximate surface area is 212 Å². The molecule has 0 aliphatic carbocycles. The first kappa shape index (κ1) is 26.7. The van der Waals surface area contributed by atoms with E-state index in [4.69, 9.17) is 23.2 Å². The van der Waals surface area contributed by atoms with Crippen LogP contribution in [-0.2, 0) is 26.2 Å². The lowest BCUT2D eigenvalue weighted by molar-refractivity contribution is -0.140. The average molecular weight is 612 g/mol. The van der Waals surface area contributed by atoms with Crippen LogP contribution < -0.4 is 9.62 Å². The van der Waals surface area contributed by atoms with Crippen LogP contribution in [0.3, 0.4) is 0 Å². The first-order valence-electron chi connectivity index (χ1n) is 9.66. The summed E-state index contributed by atoms with van der Waals surface area (Å²) in [5.41, 5.74) is 0.950. The maximum absolute atomic E-state index is 13.4. The smallest absolute Gasteiger partial charge is 0.244 e. The summed E-state index contributed by atoms with van der Waals surface area (Å²) in [6, 6.07) is 10.8. The summed E-state index contributed by atoms with van der Waals surface area (Å²) in [5.74, 6) is -0.887. The predicted octanol–water partition coefficient (Wildman–Crippen LogP) is 3.92. The first-order chi connectivity index (χ1) is 15.0. The Hall–Kier alpha value is -1.56. The molecule has 2 aromatic rings. The third-order valence-corrected chi connectivity index (χ3v) is 7.23. The largest absolute Gasteiger partial charge is 0.357 e. The van der Waals surface area contributed by atoms with Crippen LogP contribution in [0.2, 0.25) is 10.0 Å². The Morgan fingerprint density at radius 1 is 1.12 bits per heavy atom. The number of halogens is 3. The van der Waals surface area contributed by atoms with Gasteiger partial charge in [0.05, 0.1) is 11.9 Å². The van der Waals surface area contributed by atoms with Gasteiger partial charge >= 0.3 is 0 Å². The summed E-state index contributed by atoms with van der Waals surface area (Å²) in [6.45, 7) is 1.33. The molecule has 7 nitrogen and oxygen atoms in total. The normalized spacial score (nSPS) is 12.2. The van der Waals surface area contributed by atoms with Gasteiger partial charge in [-0.2, -0.15) is 0 Å². The molecule has 0 aliphatic heterocycles. The van der Waals surface area contributed by atoms with E-state index in [1.807, 2.05) is 0 Å². The fraction of sp³-hybridized carbons (Fsp3) is 0.333. The van der Waals surface area contributed by atoms with E-state index in [9.17, 15) is 18.0 Å². The number of likely N-dealkylation sites (N-methyl/N-ethyl adjacent to an activating group) is 1. The number of carbonyl (C=O) groups is 2. The van der Waals surface area contributed by atoms with Crippen LogP contribution in [0.15, 0.2) is 42.5 Å². The van der Waals surface area contributed by atoms with Gasteiger partial charge in [-0.15, -0.1) is 0 Å². The zero-order valence-corrected chi connectivity index (χ0v) is 22.3. The molecule has 0 radical (unpaired) electrons. The molecule has 0 saturated carbocycles. The van der Waals surface area contributed by atoms with Crippen molar-refractivity contribution in [3.63, 3.8) is 0 Å². The second kappa shape index (κ2) is 11.5. The van der Waals surface area contributed by atoms with E-state index in [-0.39, 0.29) is 12.5 Å². The van der Waals surface area contributed by atoms with Crippen molar-refractivity contribution in [1.29, 1.82) is 0 Å². The van der Waals surface area contributed by atoms with Crippen molar-refractivity contribution in [3.05, 3.63) is 61.6 Å². The van der Waals surface area contributed by atoms with E-state index >= 15 is 0 Å². The van der Waals surface area contributed by atoms with E-state index < -0.39 is 28.5 Å². The van der Waals surface area contributed by atoms with Crippen LogP contribution in [0, 0.1) is 3.57 Å². The molecular weight excluding hydrogens is 588 g/mol. The third kappa shape index (κ3) is 6.97. The first-order valence-corrected chi connectivity index (χ1v) is 13.3. The SMILES string of the molecule is CCC(C(=O)NC)N(Cc1ccc(Cl)cc1Cl)C(=O)CN(c1ccc(I)cc1)S(C)(=O)=O. The van der Waals surface area contributed by atoms with Gasteiger partial charge in [-0.05, 0) is 71.0 Å². The Kier molecular flexibility index (Phi) is 9.62. The highest BCUT2D eigenvalue weighted by Crippen LogP contribution is 2.25. The van der Waals surface area contributed by atoms with Gasteiger partial charge in [-0.3, -0.25) is 13.9 Å². The fourth-order valence-corrected chi connectivity index (χ4v) is 4.82. The van der Waals surface area contributed by atoms with Gasteiger partial charge in [0, 0.05) is 27.2 Å². The number of rotatable bonds is 9. The Bertz CT molecular complexity index is 1080. The number of benzene rings is 2. The van der Waals surface area contributed by atoms with Crippen LogP contribution in [-0.4, -0.2) is 51.0 Å². The molecule has 32 heavy (non-hydrogen) atoms. The van der Waals surface area contributed by atoms with Crippen molar-refractivity contribution in [2.45, 2.75) is 25.9 Å². The molecule has 11 heteroatoms. The quantitative estimate of drug-likeness (QED) is 0.436. The minimum Gasteiger partial charge on any atom is -0.357 e. The van der Waals surface area contributed by atoms with Gasteiger partial charge in [-0.25, -0.2) is 8.42 Å². The predicted molar refractivity (Wildman–Crippen MR) is 137 cm³/mol. The molecule has 2 aromatic carbocycles.